The molecule has 0 saturated heterocycles. The Kier molecular flexibility index (Phi) is 5.08. The lowest BCUT2D eigenvalue weighted by atomic mass is 9.99. The first-order chi connectivity index (χ1) is 9.65. The summed E-state index contributed by atoms with van der Waals surface area (Å²) in [4.78, 5) is 0. The van der Waals surface area contributed by atoms with Gasteiger partial charge in [0.25, 0.3) is 0 Å². The molecule has 2 rings (SSSR count). The van der Waals surface area contributed by atoms with Crippen LogP contribution >= 0.6 is 11.6 Å². The highest BCUT2D eigenvalue weighted by atomic mass is 35.5. The zero-order chi connectivity index (χ0) is 14.5. The van der Waals surface area contributed by atoms with Crippen molar-refractivity contribution in [3.63, 3.8) is 0 Å². The summed E-state index contributed by atoms with van der Waals surface area (Å²) >= 11 is 6.30. The normalized spacial score (nSPS) is 13.9. The highest BCUT2D eigenvalue weighted by molar-refractivity contribution is 6.32. The van der Waals surface area contributed by atoms with E-state index in [1.165, 1.54) is 16.7 Å². The van der Waals surface area contributed by atoms with Crippen molar-refractivity contribution in [2.75, 3.05) is 6.54 Å². The lowest BCUT2D eigenvalue weighted by molar-refractivity contribution is 0.825. The van der Waals surface area contributed by atoms with Gasteiger partial charge in [0, 0.05) is 22.8 Å². The van der Waals surface area contributed by atoms with Crippen molar-refractivity contribution < 1.29 is 0 Å². The fraction of sp³-hybridized carbons (Fsp3) is 0.333. The third-order valence-corrected chi connectivity index (χ3v) is 3.97. The van der Waals surface area contributed by atoms with Crippen molar-refractivity contribution in [1.29, 1.82) is 0 Å². The summed E-state index contributed by atoms with van der Waals surface area (Å²) in [5.74, 6) is 0. The van der Waals surface area contributed by atoms with Gasteiger partial charge in [-0.25, -0.2) is 0 Å². The van der Waals surface area contributed by atoms with Crippen LogP contribution < -0.4 is 5.32 Å². The van der Waals surface area contributed by atoms with Crippen molar-refractivity contribution in [1.82, 2.24) is 5.32 Å². The van der Waals surface area contributed by atoms with Gasteiger partial charge in [-0.1, -0.05) is 55.8 Å². The predicted molar refractivity (Wildman–Crippen MR) is 89.7 cm³/mol. The second kappa shape index (κ2) is 6.81. The molecule has 1 aliphatic rings. The first kappa shape index (κ1) is 14.9. The van der Waals surface area contributed by atoms with Gasteiger partial charge in [0.05, 0.1) is 0 Å². The smallest absolute Gasteiger partial charge is 0.0499 e. The van der Waals surface area contributed by atoms with Crippen LogP contribution in [0.5, 0.6) is 0 Å². The minimum Gasteiger partial charge on any atom is -0.385 e. The monoisotopic (exact) mass is 287 g/mol. The van der Waals surface area contributed by atoms with E-state index in [-0.39, 0.29) is 0 Å². The van der Waals surface area contributed by atoms with Crippen LogP contribution in [0, 0.1) is 0 Å². The van der Waals surface area contributed by atoms with E-state index in [4.69, 9.17) is 11.6 Å². The molecular formula is C18H22ClN. The summed E-state index contributed by atoms with van der Waals surface area (Å²) in [5, 5.41) is 4.07. The molecule has 106 valence electrons. The van der Waals surface area contributed by atoms with E-state index in [1.807, 2.05) is 6.07 Å². The second-order valence-corrected chi connectivity index (χ2v) is 5.55. The number of allylic oxidation sites excluding steroid dienone is 4. The molecular weight excluding hydrogens is 266 g/mol. The lowest BCUT2D eigenvalue weighted by Gasteiger charge is -2.13. The summed E-state index contributed by atoms with van der Waals surface area (Å²) in [6.07, 6.45) is 7.69. The molecule has 1 N–H and O–H groups in total. The van der Waals surface area contributed by atoms with E-state index in [2.05, 4.69) is 50.0 Å². The maximum absolute atomic E-state index is 6.30. The summed E-state index contributed by atoms with van der Waals surface area (Å²) in [7, 11) is 0. The van der Waals surface area contributed by atoms with E-state index < -0.39 is 0 Å². The Morgan fingerprint density at radius 1 is 1.30 bits per heavy atom. The van der Waals surface area contributed by atoms with E-state index in [9.17, 15) is 0 Å². The molecule has 0 radical (unpaired) electrons. The summed E-state index contributed by atoms with van der Waals surface area (Å²) in [6.45, 7) is 9.35. The number of rotatable bonds is 6. The minimum atomic E-state index is 0.754. The van der Waals surface area contributed by atoms with Gasteiger partial charge in [-0.3, -0.25) is 0 Å². The molecule has 0 fully saturated rings. The molecule has 0 aromatic heterocycles. The SMILES string of the molecule is C=C(NCCC)c1cc(C2=CC=C(CC)C2)ccc1Cl. The molecule has 1 aromatic carbocycles. The Bertz CT molecular complexity index is 567. The molecule has 1 nitrogen and oxygen atoms in total. The van der Waals surface area contributed by atoms with Crippen LogP contribution in [0.4, 0.5) is 0 Å². The summed E-state index contributed by atoms with van der Waals surface area (Å²) in [6, 6.07) is 6.21. The van der Waals surface area contributed by atoms with Gasteiger partial charge in [-0.05, 0) is 42.5 Å². The summed E-state index contributed by atoms with van der Waals surface area (Å²) < 4.78 is 0. The van der Waals surface area contributed by atoms with Crippen LogP contribution in [0.1, 0.15) is 44.2 Å². The van der Waals surface area contributed by atoms with Gasteiger partial charge in [0.2, 0.25) is 0 Å². The van der Waals surface area contributed by atoms with Crippen LogP contribution in [0.3, 0.4) is 0 Å². The number of nitrogens with one attached hydrogen (secondary N) is 1. The van der Waals surface area contributed by atoms with E-state index in [0.29, 0.717) is 0 Å². The molecule has 0 amide bonds. The standard InChI is InChI=1S/C18H22ClN/c1-4-10-20-13(3)17-12-16(8-9-18(17)19)15-7-6-14(5-2)11-15/h6-9,12,20H,3-5,10-11H2,1-2H3. The van der Waals surface area contributed by atoms with Crippen molar-refractivity contribution in [2.45, 2.75) is 33.1 Å². The molecule has 1 aliphatic carbocycles. The van der Waals surface area contributed by atoms with Crippen LogP contribution in [0.2, 0.25) is 5.02 Å². The van der Waals surface area contributed by atoms with E-state index in [0.717, 1.165) is 42.1 Å². The molecule has 0 atom stereocenters. The molecule has 20 heavy (non-hydrogen) atoms. The average molecular weight is 288 g/mol. The fourth-order valence-corrected chi connectivity index (χ4v) is 2.58. The minimum absolute atomic E-state index is 0.754. The molecule has 0 saturated carbocycles. The largest absolute Gasteiger partial charge is 0.385 e. The molecule has 0 bridgehead atoms. The van der Waals surface area contributed by atoms with Crippen molar-refractivity contribution in [3.05, 3.63) is 58.7 Å². The van der Waals surface area contributed by atoms with Gasteiger partial charge < -0.3 is 5.32 Å². The zero-order valence-electron chi connectivity index (χ0n) is 12.3. The van der Waals surface area contributed by atoms with Crippen LogP contribution in [-0.4, -0.2) is 6.54 Å². The van der Waals surface area contributed by atoms with E-state index >= 15 is 0 Å². The van der Waals surface area contributed by atoms with Crippen molar-refractivity contribution >= 4 is 22.9 Å². The maximum Gasteiger partial charge on any atom is 0.0499 e. The van der Waals surface area contributed by atoms with Crippen molar-refractivity contribution in [2.24, 2.45) is 0 Å². The molecule has 2 heteroatoms. The predicted octanol–water partition coefficient (Wildman–Crippen LogP) is 5.43. The average Bonchev–Trinajstić information content (AvgIpc) is 2.94. The van der Waals surface area contributed by atoms with Gasteiger partial charge >= 0.3 is 0 Å². The molecule has 1 aromatic rings. The van der Waals surface area contributed by atoms with Gasteiger partial charge in [0.1, 0.15) is 0 Å². The van der Waals surface area contributed by atoms with E-state index in [1.54, 1.807) is 0 Å². The Labute approximate surface area is 127 Å². The quantitative estimate of drug-likeness (QED) is 0.735. The highest BCUT2D eigenvalue weighted by Gasteiger charge is 2.12. The Hall–Kier alpha value is -1.47. The number of hydrogen-bond donors (Lipinski definition) is 1. The first-order valence-electron chi connectivity index (χ1n) is 7.27. The van der Waals surface area contributed by atoms with Gasteiger partial charge in [-0.15, -0.1) is 0 Å². The molecule has 0 spiro atoms. The topological polar surface area (TPSA) is 12.0 Å². The first-order valence-corrected chi connectivity index (χ1v) is 7.65. The fourth-order valence-electron chi connectivity index (χ4n) is 2.35. The Morgan fingerprint density at radius 2 is 2.10 bits per heavy atom. The Morgan fingerprint density at radius 3 is 2.75 bits per heavy atom. The second-order valence-electron chi connectivity index (χ2n) is 5.15. The summed E-state index contributed by atoms with van der Waals surface area (Å²) in [5.41, 5.74) is 6.00. The third kappa shape index (κ3) is 3.34. The van der Waals surface area contributed by atoms with Gasteiger partial charge in [-0.2, -0.15) is 0 Å². The lowest BCUT2D eigenvalue weighted by Crippen LogP contribution is -2.12. The van der Waals surface area contributed by atoms with Crippen LogP contribution in [-0.2, 0) is 0 Å². The Balaban J connectivity index is 2.19. The molecule has 0 unspecified atom stereocenters. The zero-order valence-corrected chi connectivity index (χ0v) is 13.1. The van der Waals surface area contributed by atoms with Crippen LogP contribution in [0.25, 0.3) is 11.3 Å². The number of benzene rings is 1. The van der Waals surface area contributed by atoms with Crippen molar-refractivity contribution in [3.8, 4) is 0 Å². The molecule has 0 heterocycles. The van der Waals surface area contributed by atoms with Gasteiger partial charge in [0.15, 0.2) is 0 Å². The molecule has 0 aliphatic heterocycles. The van der Waals surface area contributed by atoms with Crippen LogP contribution in [0.15, 0.2) is 42.5 Å². The maximum atomic E-state index is 6.30. The number of hydrogen-bond acceptors (Lipinski definition) is 1. The highest BCUT2D eigenvalue weighted by Crippen LogP contribution is 2.32. The number of halogens is 1. The third-order valence-electron chi connectivity index (χ3n) is 3.64.